The Morgan fingerprint density at radius 3 is 2.61 bits per heavy atom. The van der Waals surface area contributed by atoms with Gasteiger partial charge < -0.3 is 14.4 Å². The summed E-state index contributed by atoms with van der Waals surface area (Å²) in [4.78, 5) is 26.8. The number of hydrogen-bond acceptors (Lipinski definition) is 4. The second kappa shape index (κ2) is 7.79. The molecule has 0 unspecified atom stereocenters. The number of amides is 1. The fraction of sp³-hybridized carbons (Fsp3) is 0.400. The number of ether oxygens (including phenoxy) is 2. The van der Waals surface area contributed by atoms with E-state index in [1.165, 1.54) is 6.07 Å². The number of pyridine rings is 1. The van der Waals surface area contributed by atoms with Crippen molar-refractivity contribution in [2.45, 2.75) is 39.3 Å². The molecule has 0 radical (unpaired) electrons. The third-order valence-electron chi connectivity index (χ3n) is 4.38. The van der Waals surface area contributed by atoms with Crippen molar-refractivity contribution in [3.05, 3.63) is 55.4 Å². The third-order valence-corrected chi connectivity index (χ3v) is 5.58. The molecule has 0 fully saturated rings. The van der Waals surface area contributed by atoms with E-state index in [1.807, 2.05) is 20.8 Å². The largest absolute Gasteiger partial charge is 0.495 e. The highest BCUT2D eigenvalue weighted by Crippen LogP contribution is 2.34. The lowest BCUT2D eigenvalue weighted by Gasteiger charge is -2.32. The molecule has 0 spiro atoms. The number of fused-ring (bicyclic) bond motifs is 1. The van der Waals surface area contributed by atoms with Crippen LogP contribution < -0.4 is 10.3 Å². The second-order valence-electron chi connectivity index (χ2n) is 7.57. The van der Waals surface area contributed by atoms with E-state index in [4.69, 9.17) is 21.1 Å². The number of hydrogen-bond donors (Lipinski definition) is 0. The normalized spacial score (nSPS) is 13.9. The van der Waals surface area contributed by atoms with E-state index in [1.54, 1.807) is 34.8 Å². The van der Waals surface area contributed by atoms with Crippen LogP contribution in [-0.4, -0.2) is 34.8 Å². The van der Waals surface area contributed by atoms with Crippen LogP contribution in [0.3, 0.4) is 0 Å². The predicted molar refractivity (Wildman–Crippen MR) is 112 cm³/mol. The van der Waals surface area contributed by atoms with Gasteiger partial charge in [0, 0.05) is 29.2 Å². The Morgan fingerprint density at radius 2 is 1.96 bits per heavy atom. The molecular weight excluding hydrogens is 448 g/mol. The molecule has 3 rings (SSSR count). The summed E-state index contributed by atoms with van der Waals surface area (Å²) < 4.78 is 13.2. The Kier molecular flexibility index (Phi) is 5.77. The number of halogens is 2. The maximum absolute atomic E-state index is 12.7. The predicted octanol–water partition coefficient (Wildman–Crippen LogP) is 4.56. The fourth-order valence-corrected chi connectivity index (χ4v) is 3.64. The molecule has 2 heterocycles. The first-order valence-electron chi connectivity index (χ1n) is 8.86. The Hall–Kier alpha value is -1.99. The van der Waals surface area contributed by atoms with E-state index in [0.717, 1.165) is 11.3 Å². The number of rotatable bonds is 2. The van der Waals surface area contributed by atoms with Gasteiger partial charge in [-0.2, -0.15) is 0 Å². The zero-order valence-electron chi connectivity index (χ0n) is 16.2. The highest BCUT2D eigenvalue weighted by Gasteiger charge is 2.28. The van der Waals surface area contributed by atoms with Crippen LogP contribution in [0.4, 0.5) is 4.79 Å². The monoisotopic (exact) mass is 468 g/mol. The van der Waals surface area contributed by atoms with Gasteiger partial charge in [0.15, 0.2) is 0 Å². The zero-order chi connectivity index (χ0) is 20.6. The molecule has 0 saturated carbocycles. The molecule has 1 aliphatic rings. The van der Waals surface area contributed by atoms with Crippen molar-refractivity contribution in [3.63, 3.8) is 0 Å². The maximum atomic E-state index is 12.7. The van der Waals surface area contributed by atoms with Crippen LogP contribution in [-0.2, 0) is 17.7 Å². The van der Waals surface area contributed by atoms with Crippen LogP contribution in [0.25, 0.3) is 5.69 Å². The van der Waals surface area contributed by atoms with Gasteiger partial charge in [0.05, 0.1) is 24.4 Å². The van der Waals surface area contributed by atoms with Crippen molar-refractivity contribution >= 4 is 33.6 Å². The van der Waals surface area contributed by atoms with E-state index < -0.39 is 5.60 Å². The Balaban J connectivity index is 2.03. The molecule has 28 heavy (non-hydrogen) atoms. The number of benzene rings is 1. The number of nitrogens with zero attached hydrogens (tertiary/aromatic N) is 2. The standard InChI is InChI=1S/C20H22BrClN2O4/c1-20(2,3)28-19(26)23-8-7-15-12(11-23)5-6-18(25)24(15)16-10-14(22)13(21)9-17(16)27-4/h5-6,9-10H,7-8,11H2,1-4H3. The highest BCUT2D eigenvalue weighted by atomic mass is 79.9. The molecule has 1 aliphatic heterocycles. The van der Waals surface area contributed by atoms with Gasteiger partial charge in [0.25, 0.3) is 5.56 Å². The van der Waals surface area contributed by atoms with Crippen molar-refractivity contribution < 1.29 is 14.3 Å². The minimum Gasteiger partial charge on any atom is -0.495 e. The van der Waals surface area contributed by atoms with Gasteiger partial charge in [0.1, 0.15) is 11.4 Å². The van der Waals surface area contributed by atoms with Crippen molar-refractivity contribution in [2.24, 2.45) is 0 Å². The summed E-state index contributed by atoms with van der Waals surface area (Å²) in [5, 5.41) is 0.478. The lowest BCUT2D eigenvalue weighted by atomic mass is 10.0. The Bertz CT molecular complexity index is 981. The summed E-state index contributed by atoms with van der Waals surface area (Å²) in [6, 6.07) is 6.69. The van der Waals surface area contributed by atoms with Crippen LogP contribution in [0.5, 0.6) is 5.75 Å². The molecule has 0 bridgehead atoms. The first-order chi connectivity index (χ1) is 13.1. The first kappa shape index (κ1) is 20.7. The van der Waals surface area contributed by atoms with Gasteiger partial charge in [-0.25, -0.2) is 4.79 Å². The molecule has 0 atom stereocenters. The van der Waals surface area contributed by atoms with Crippen LogP contribution >= 0.6 is 27.5 Å². The molecular formula is C20H22BrClN2O4. The molecule has 150 valence electrons. The summed E-state index contributed by atoms with van der Waals surface area (Å²) in [5.74, 6) is 0.529. The molecule has 0 saturated heterocycles. The van der Waals surface area contributed by atoms with Gasteiger partial charge >= 0.3 is 6.09 Å². The molecule has 1 aromatic heterocycles. The van der Waals surface area contributed by atoms with Gasteiger partial charge in [-0.1, -0.05) is 11.6 Å². The van der Waals surface area contributed by atoms with E-state index >= 15 is 0 Å². The highest BCUT2D eigenvalue weighted by molar-refractivity contribution is 9.10. The smallest absolute Gasteiger partial charge is 0.410 e. The van der Waals surface area contributed by atoms with Gasteiger partial charge in [-0.15, -0.1) is 0 Å². The summed E-state index contributed by atoms with van der Waals surface area (Å²) in [6.45, 7) is 6.34. The molecule has 2 aromatic rings. The molecule has 1 aromatic carbocycles. The Morgan fingerprint density at radius 1 is 1.25 bits per heavy atom. The molecule has 6 nitrogen and oxygen atoms in total. The minimum atomic E-state index is -0.558. The van der Waals surface area contributed by atoms with Crippen LogP contribution in [0.1, 0.15) is 32.0 Å². The van der Waals surface area contributed by atoms with E-state index in [-0.39, 0.29) is 11.7 Å². The van der Waals surface area contributed by atoms with E-state index in [9.17, 15) is 9.59 Å². The summed E-state index contributed by atoms with van der Waals surface area (Å²) in [5.41, 5.74) is 1.56. The number of carbonyl (C=O) groups is 1. The summed E-state index contributed by atoms with van der Waals surface area (Å²) in [7, 11) is 1.55. The van der Waals surface area contributed by atoms with Crippen molar-refractivity contribution in [1.82, 2.24) is 9.47 Å². The molecule has 8 heteroatoms. The summed E-state index contributed by atoms with van der Waals surface area (Å²) in [6.07, 6.45) is 0.154. The van der Waals surface area contributed by atoms with Crippen molar-refractivity contribution in [2.75, 3.05) is 13.7 Å². The number of carbonyl (C=O) groups excluding carboxylic acids is 1. The van der Waals surface area contributed by atoms with Crippen LogP contribution in [0.2, 0.25) is 5.02 Å². The topological polar surface area (TPSA) is 60.8 Å². The van der Waals surface area contributed by atoms with Gasteiger partial charge in [-0.05, 0) is 60.5 Å². The Labute approximate surface area is 177 Å². The summed E-state index contributed by atoms with van der Waals surface area (Å²) >= 11 is 9.64. The van der Waals surface area contributed by atoms with Gasteiger partial charge in [-0.3, -0.25) is 9.36 Å². The van der Waals surface area contributed by atoms with Gasteiger partial charge in [0.2, 0.25) is 0 Å². The lowest BCUT2D eigenvalue weighted by molar-refractivity contribution is 0.0222. The van der Waals surface area contributed by atoms with E-state index in [0.29, 0.717) is 40.4 Å². The lowest BCUT2D eigenvalue weighted by Crippen LogP contribution is -2.41. The molecule has 1 amide bonds. The molecule has 0 aliphatic carbocycles. The number of aromatic nitrogens is 1. The van der Waals surface area contributed by atoms with E-state index in [2.05, 4.69) is 15.9 Å². The third kappa shape index (κ3) is 4.20. The maximum Gasteiger partial charge on any atom is 0.410 e. The zero-order valence-corrected chi connectivity index (χ0v) is 18.6. The fourth-order valence-electron chi connectivity index (χ4n) is 3.16. The molecule has 0 N–H and O–H groups in total. The van der Waals surface area contributed by atoms with Crippen molar-refractivity contribution in [1.29, 1.82) is 0 Å². The minimum absolute atomic E-state index is 0.179. The first-order valence-corrected chi connectivity index (χ1v) is 10.0. The quantitative estimate of drug-likeness (QED) is 0.647. The van der Waals surface area contributed by atoms with Crippen LogP contribution in [0, 0.1) is 0 Å². The average Bonchev–Trinajstić information content (AvgIpc) is 2.62. The van der Waals surface area contributed by atoms with Crippen molar-refractivity contribution in [3.8, 4) is 11.4 Å². The van der Waals surface area contributed by atoms with Crippen LogP contribution in [0.15, 0.2) is 33.5 Å². The SMILES string of the molecule is COc1cc(Br)c(Cl)cc1-n1c2c(ccc1=O)CN(C(=O)OC(C)(C)C)CC2. The average molecular weight is 470 g/mol. The number of methoxy groups -OCH3 is 1. The second-order valence-corrected chi connectivity index (χ2v) is 8.83.